The van der Waals surface area contributed by atoms with Crippen LogP contribution < -0.4 is 0 Å². The van der Waals surface area contributed by atoms with Crippen LogP contribution in [0.1, 0.15) is 11.5 Å². The van der Waals surface area contributed by atoms with E-state index in [9.17, 15) is 0 Å². The highest BCUT2D eigenvalue weighted by atomic mass is 32.2. The van der Waals surface area contributed by atoms with Gasteiger partial charge in [-0.3, -0.25) is 4.99 Å². The number of hydrogen-bond donors (Lipinski definition) is 0. The number of thioether (sulfide) groups is 1. The highest BCUT2D eigenvalue weighted by molar-refractivity contribution is 8.07. The normalized spacial score (nSPS) is 20.6. The molecule has 2 nitrogen and oxygen atoms in total. The van der Waals surface area contributed by atoms with Crippen LogP contribution in [0.3, 0.4) is 0 Å². The number of rotatable bonds is 1. The summed E-state index contributed by atoms with van der Waals surface area (Å²) in [5.41, 5.74) is 3.35. The fourth-order valence-corrected chi connectivity index (χ4v) is 2.49. The van der Waals surface area contributed by atoms with Gasteiger partial charge in [-0.05, 0) is 35.5 Å². The van der Waals surface area contributed by atoms with E-state index in [2.05, 4.69) is 22.5 Å². The standard InChI is InChI=1S/C13H8N2S/c14-8-16-9-5-6-13-11(7-9)10-3-1-2-4-12(10)15-13/h1-7,11H. The lowest BCUT2D eigenvalue weighted by atomic mass is 9.93. The van der Waals surface area contributed by atoms with Crippen LogP contribution in [0.2, 0.25) is 0 Å². The van der Waals surface area contributed by atoms with E-state index in [1.165, 1.54) is 17.3 Å². The smallest absolute Gasteiger partial charge is 0.138 e. The van der Waals surface area contributed by atoms with Gasteiger partial charge < -0.3 is 0 Å². The van der Waals surface area contributed by atoms with Crippen LogP contribution in [0, 0.1) is 10.7 Å². The summed E-state index contributed by atoms with van der Waals surface area (Å²) < 4.78 is 0. The van der Waals surface area contributed by atoms with Crippen LogP contribution in [-0.4, -0.2) is 5.71 Å². The third-order valence-electron chi connectivity index (χ3n) is 2.75. The van der Waals surface area contributed by atoms with Crippen molar-refractivity contribution >= 4 is 23.2 Å². The van der Waals surface area contributed by atoms with Crippen LogP contribution in [0.4, 0.5) is 5.69 Å². The summed E-state index contributed by atoms with van der Waals surface area (Å²) in [6.07, 6.45) is 6.07. The molecule has 0 saturated heterocycles. The minimum atomic E-state index is 0.233. The van der Waals surface area contributed by atoms with Gasteiger partial charge in [-0.2, -0.15) is 5.26 Å². The average Bonchev–Trinajstić information content (AvgIpc) is 2.68. The molecular weight excluding hydrogens is 216 g/mol. The molecule has 1 unspecified atom stereocenters. The molecule has 0 saturated carbocycles. The third kappa shape index (κ3) is 1.39. The second-order valence-electron chi connectivity index (χ2n) is 3.67. The molecule has 16 heavy (non-hydrogen) atoms. The predicted octanol–water partition coefficient (Wildman–Crippen LogP) is 3.52. The van der Waals surface area contributed by atoms with Gasteiger partial charge in [0.2, 0.25) is 0 Å². The summed E-state index contributed by atoms with van der Waals surface area (Å²) in [4.78, 5) is 5.56. The van der Waals surface area contributed by atoms with Crippen molar-refractivity contribution in [1.82, 2.24) is 0 Å². The number of fused-ring (bicyclic) bond motifs is 3. The summed E-state index contributed by atoms with van der Waals surface area (Å²) in [6.45, 7) is 0. The molecule has 0 radical (unpaired) electrons. The van der Waals surface area contributed by atoms with Gasteiger partial charge in [0.1, 0.15) is 5.40 Å². The fraction of sp³-hybridized carbons (Fsp3) is 0.0769. The number of benzene rings is 1. The van der Waals surface area contributed by atoms with Gasteiger partial charge in [0, 0.05) is 10.8 Å². The zero-order valence-electron chi connectivity index (χ0n) is 8.42. The molecule has 1 aromatic rings. The first-order chi connectivity index (χ1) is 7.88. The lowest BCUT2D eigenvalue weighted by Crippen LogP contribution is -2.06. The average molecular weight is 224 g/mol. The molecule has 1 aliphatic carbocycles. The van der Waals surface area contributed by atoms with Crippen LogP contribution in [0.25, 0.3) is 0 Å². The Morgan fingerprint density at radius 2 is 2.12 bits per heavy atom. The summed E-state index contributed by atoms with van der Waals surface area (Å²) in [5, 5.41) is 10.8. The topological polar surface area (TPSA) is 36.1 Å². The Morgan fingerprint density at radius 1 is 1.25 bits per heavy atom. The largest absolute Gasteiger partial charge is 0.252 e. The number of aliphatic imine (C=N–C) groups is 1. The highest BCUT2D eigenvalue weighted by Gasteiger charge is 2.25. The van der Waals surface area contributed by atoms with Crippen molar-refractivity contribution in [3.8, 4) is 5.40 Å². The monoisotopic (exact) mass is 224 g/mol. The van der Waals surface area contributed by atoms with Crippen molar-refractivity contribution in [2.75, 3.05) is 0 Å². The Balaban J connectivity index is 2.05. The predicted molar refractivity (Wildman–Crippen MR) is 66.7 cm³/mol. The molecule has 0 fully saturated rings. The molecule has 1 atom stereocenters. The van der Waals surface area contributed by atoms with E-state index in [-0.39, 0.29) is 5.92 Å². The number of thiocyanates is 1. The molecule has 0 spiro atoms. The highest BCUT2D eigenvalue weighted by Crippen LogP contribution is 2.40. The Labute approximate surface area is 98.0 Å². The Hall–Kier alpha value is -1.79. The molecular formula is C13H8N2S. The molecule has 3 rings (SSSR count). The first-order valence-electron chi connectivity index (χ1n) is 5.02. The maximum absolute atomic E-state index is 8.66. The molecule has 1 aromatic carbocycles. The van der Waals surface area contributed by atoms with E-state index in [4.69, 9.17) is 5.26 Å². The van der Waals surface area contributed by atoms with Gasteiger partial charge in [0.05, 0.1) is 11.4 Å². The van der Waals surface area contributed by atoms with Gasteiger partial charge in [0.25, 0.3) is 0 Å². The molecule has 0 aromatic heterocycles. The van der Waals surface area contributed by atoms with E-state index in [0.29, 0.717) is 0 Å². The zero-order chi connectivity index (χ0) is 11.0. The molecule has 0 amide bonds. The molecule has 0 bridgehead atoms. The first-order valence-corrected chi connectivity index (χ1v) is 5.83. The quantitative estimate of drug-likeness (QED) is 0.684. The lowest BCUT2D eigenvalue weighted by Gasteiger charge is -2.12. The molecule has 1 aliphatic heterocycles. The molecule has 3 heteroatoms. The fourth-order valence-electron chi connectivity index (χ4n) is 2.04. The molecule has 2 aliphatic rings. The maximum Gasteiger partial charge on any atom is 0.138 e. The van der Waals surface area contributed by atoms with Crippen molar-refractivity contribution < 1.29 is 0 Å². The second-order valence-corrected chi connectivity index (χ2v) is 4.53. The number of hydrogen-bond acceptors (Lipinski definition) is 3. The molecule has 76 valence electrons. The van der Waals surface area contributed by atoms with Gasteiger partial charge in [-0.15, -0.1) is 0 Å². The van der Waals surface area contributed by atoms with E-state index < -0.39 is 0 Å². The zero-order valence-corrected chi connectivity index (χ0v) is 9.24. The Morgan fingerprint density at radius 3 is 3.00 bits per heavy atom. The first kappa shape index (κ1) is 9.44. The van der Waals surface area contributed by atoms with Crippen molar-refractivity contribution in [1.29, 1.82) is 5.26 Å². The van der Waals surface area contributed by atoms with Gasteiger partial charge in [-0.1, -0.05) is 24.3 Å². The van der Waals surface area contributed by atoms with E-state index in [0.717, 1.165) is 16.3 Å². The van der Waals surface area contributed by atoms with Gasteiger partial charge >= 0.3 is 0 Å². The third-order valence-corrected chi connectivity index (χ3v) is 3.35. The minimum absolute atomic E-state index is 0.233. The Bertz CT molecular complexity index is 576. The van der Waals surface area contributed by atoms with Crippen LogP contribution >= 0.6 is 11.8 Å². The SMILES string of the molecule is N#CSC1=CC2C(=Nc3ccccc32)C=C1. The summed E-state index contributed by atoms with van der Waals surface area (Å²) in [6, 6.07) is 8.15. The summed E-state index contributed by atoms with van der Waals surface area (Å²) >= 11 is 1.20. The van der Waals surface area contributed by atoms with E-state index in [1.807, 2.05) is 30.4 Å². The maximum atomic E-state index is 8.66. The van der Waals surface area contributed by atoms with Crippen LogP contribution in [0.5, 0.6) is 0 Å². The Kier molecular flexibility index (Phi) is 2.16. The van der Waals surface area contributed by atoms with Crippen molar-refractivity contribution in [3.63, 3.8) is 0 Å². The second kappa shape index (κ2) is 3.66. The molecule has 1 heterocycles. The van der Waals surface area contributed by atoms with Crippen LogP contribution in [-0.2, 0) is 0 Å². The van der Waals surface area contributed by atoms with Crippen LogP contribution in [0.15, 0.2) is 52.4 Å². The molecule has 0 N–H and O–H groups in total. The van der Waals surface area contributed by atoms with Crippen molar-refractivity contribution in [2.45, 2.75) is 5.92 Å². The van der Waals surface area contributed by atoms with Crippen molar-refractivity contribution in [2.24, 2.45) is 4.99 Å². The number of para-hydroxylation sites is 1. The number of nitrogens with zero attached hydrogens (tertiary/aromatic N) is 2. The summed E-state index contributed by atoms with van der Waals surface area (Å²) in [7, 11) is 0. The number of allylic oxidation sites excluding steroid dienone is 3. The van der Waals surface area contributed by atoms with Gasteiger partial charge in [0.15, 0.2) is 0 Å². The number of nitriles is 1. The summed E-state index contributed by atoms with van der Waals surface area (Å²) in [5.74, 6) is 0.233. The van der Waals surface area contributed by atoms with E-state index in [1.54, 1.807) is 0 Å². The van der Waals surface area contributed by atoms with Gasteiger partial charge in [-0.25, -0.2) is 0 Å². The minimum Gasteiger partial charge on any atom is -0.252 e. The lowest BCUT2D eigenvalue weighted by molar-refractivity contribution is 1.18. The van der Waals surface area contributed by atoms with Crippen molar-refractivity contribution in [3.05, 3.63) is 53.0 Å². The van der Waals surface area contributed by atoms with E-state index >= 15 is 0 Å².